The van der Waals surface area contributed by atoms with Crippen LogP contribution in [0.1, 0.15) is 0 Å². The molecule has 0 aliphatic heterocycles. The SMILES string of the molecule is COc1cc(-c2ccccc2)c([N+](=O)[O-])c(-c2ccccc2)c1. The van der Waals surface area contributed by atoms with Crippen molar-refractivity contribution >= 4 is 5.69 Å². The number of rotatable bonds is 4. The van der Waals surface area contributed by atoms with Crippen LogP contribution in [-0.2, 0) is 0 Å². The normalized spacial score (nSPS) is 10.3. The van der Waals surface area contributed by atoms with Gasteiger partial charge in [0.05, 0.1) is 23.2 Å². The highest BCUT2D eigenvalue weighted by atomic mass is 16.6. The van der Waals surface area contributed by atoms with E-state index >= 15 is 0 Å². The molecule has 0 fully saturated rings. The third-order valence-electron chi connectivity index (χ3n) is 3.67. The van der Waals surface area contributed by atoms with Crippen LogP contribution >= 0.6 is 0 Å². The molecule has 0 unspecified atom stereocenters. The lowest BCUT2D eigenvalue weighted by atomic mass is 9.95. The second-order valence-electron chi connectivity index (χ2n) is 5.06. The number of nitro benzene ring substituents is 1. The van der Waals surface area contributed by atoms with Gasteiger partial charge in [-0.15, -0.1) is 0 Å². The quantitative estimate of drug-likeness (QED) is 0.507. The number of nitro groups is 1. The molecule has 0 saturated heterocycles. The molecule has 3 aromatic carbocycles. The molecule has 0 saturated carbocycles. The van der Waals surface area contributed by atoms with Gasteiger partial charge >= 0.3 is 0 Å². The average molecular weight is 305 g/mol. The zero-order valence-electron chi connectivity index (χ0n) is 12.6. The summed E-state index contributed by atoms with van der Waals surface area (Å²) >= 11 is 0. The first-order chi connectivity index (χ1) is 11.2. The van der Waals surface area contributed by atoms with Crippen LogP contribution in [0.25, 0.3) is 22.3 Å². The fraction of sp³-hybridized carbons (Fsp3) is 0.0526. The molecule has 0 aliphatic carbocycles. The standard InChI is InChI=1S/C19H15NO3/c1-23-16-12-17(14-8-4-2-5-9-14)19(20(21)22)18(13-16)15-10-6-3-7-11-15/h2-13H,1H3. The second kappa shape index (κ2) is 6.32. The molecule has 0 aromatic heterocycles. The molecule has 0 aliphatic rings. The van der Waals surface area contributed by atoms with E-state index in [2.05, 4.69) is 0 Å². The Morgan fingerprint density at radius 1 is 0.826 bits per heavy atom. The van der Waals surface area contributed by atoms with E-state index in [4.69, 9.17) is 4.74 Å². The van der Waals surface area contributed by atoms with E-state index in [-0.39, 0.29) is 10.6 Å². The molecule has 3 rings (SSSR count). The van der Waals surface area contributed by atoms with Crippen molar-refractivity contribution < 1.29 is 9.66 Å². The zero-order chi connectivity index (χ0) is 16.2. The summed E-state index contributed by atoms with van der Waals surface area (Å²) in [6, 6.07) is 22.1. The molecule has 0 spiro atoms. The maximum absolute atomic E-state index is 11.8. The summed E-state index contributed by atoms with van der Waals surface area (Å²) in [5.74, 6) is 0.591. The number of ether oxygens (including phenoxy) is 1. The van der Waals surface area contributed by atoms with Crippen LogP contribution < -0.4 is 4.74 Å². The summed E-state index contributed by atoms with van der Waals surface area (Å²) in [5.41, 5.74) is 2.76. The molecular formula is C19H15NO3. The van der Waals surface area contributed by atoms with Crippen molar-refractivity contribution in [3.63, 3.8) is 0 Å². The first-order valence-corrected chi connectivity index (χ1v) is 7.18. The van der Waals surface area contributed by atoms with E-state index in [0.29, 0.717) is 16.9 Å². The summed E-state index contributed by atoms with van der Waals surface area (Å²) in [6.07, 6.45) is 0. The minimum absolute atomic E-state index is 0.0863. The number of benzene rings is 3. The average Bonchev–Trinajstić information content (AvgIpc) is 2.62. The predicted molar refractivity (Wildman–Crippen MR) is 90.5 cm³/mol. The molecule has 4 heteroatoms. The Kier molecular flexibility index (Phi) is 4.06. The molecule has 114 valence electrons. The van der Waals surface area contributed by atoms with E-state index < -0.39 is 0 Å². The summed E-state index contributed by atoms with van der Waals surface area (Å²) in [4.78, 5) is 11.4. The molecule has 0 radical (unpaired) electrons. The van der Waals surface area contributed by atoms with Gasteiger partial charge in [0.1, 0.15) is 5.75 Å². The Balaban J connectivity index is 2.33. The minimum Gasteiger partial charge on any atom is -0.497 e. The Hall–Kier alpha value is -3.14. The zero-order valence-corrected chi connectivity index (χ0v) is 12.6. The van der Waals surface area contributed by atoms with Crippen molar-refractivity contribution in [2.45, 2.75) is 0 Å². The van der Waals surface area contributed by atoms with Crippen LogP contribution in [0.5, 0.6) is 5.75 Å². The number of methoxy groups -OCH3 is 1. The van der Waals surface area contributed by atoms with Crippen molar-refractivity contribution in [1.29, 1.82) is 0 Å². The molecule has 0 heterocycles. The van der Waals surface area contributed by atoms with Crippen LogP contribution in [0.15, 0.2) is 72.8 Å². The molecule has 0 atom stereocenters. The first kappa shape index (κ1) is 14.8. The lowest BCUT2D eigenvalue weighted by Crippen LogP contribution is -1.97. The van der Waals surface area contributed by atoms with E-state index in [9.17, 15) is 10.1 Å². The number of hydrogen-bond donors (Lipinski definition) is 0. The molecule has 0 bridgehead atoms. The monoisotopic (exact) mass is 305 g/mol. The summed E-state index contributed by atoms with van der Waals surface area (Å²) in [6.45, 7) is 0. The maximum atomic E-state index is 11.8. The van der Waals surface area contributed by atoms with Gasteiger partial charge in [-0.3, -0.25) is 10.1 Å². The first-order valence-electron chi connectivity index (χ1n) is 7.18. The highest BCUT2D eigenvalue weighted by molar-refractivity contribution is 5.87. The Morgan fingerprint density at radius 2 is 1.26 bits per heavy atom. The van der Waals surface area contributed by atoms with Gasteiger partial charge in [0.15, 0.2) is 0 Å². The van der Waals surface area contributed by atoms with Gasteiger partial charge in [-0.2, -0.15) is 0 Å². The number of hydrogen-bond acceptors (Lipinski definition) is 3. The van der Waals surface area contributed by atoms with Gasteiger partial charge in [0.2, 0.25) is 0 Å². The predicted octanol–water partition coefficient (Wildman–Crippen LogP) is 4.94. The summed E-state index contributed by atoms with van der Waals surface area (Å²) in [5, 5.41) is 11.8. The van der Waals surface area contributed by atoms with Crippen LogP contribution in [0.4, 0.5) is 5.69 Å². The van der Waals surface area contributed by atoms with Gasteiger partial charge in [-0.05, 0) is 23.3 Å². The van der Waals surface area contributed by atoms with Crippen molar-refractivity contribution in [2.75, 3.05) is 7.11 Å². The van der Waals surface area contributed by atoms with E-state index in [0.717, 1.165) is 11.1 Å². The molecule has 3 aromatic rings. The van der Waals surface area contributed by atoms with Crippen LogP contribution in [0.3, 0.4) is 0 Å². The van der Waals surface area contributed by atoms with Crippen molar-refractivity contribution in [3.8, 4) is 28.0 Å². The van der Waals surface area contributed by atoms with Gasteiger partial charge in [-0.1, -0.05) is 60.7 Å². The fourth-order valence-electron chi connectivity index (χ4n) is 2.60. The third-order valence-corrected chi connectivity index (χ3v) is 3.67. The molecule has 4 nitrogen and oxygen atoms in total. The lowest BCUT2D eigenvalue weighted by molar-refractivity contribution is -0.383. The maximum Gasteiger partial charge on any atom is 0.285 e. The van der Waals surface area contributed by atoms with E-state index in [1.807, 2.05) is 60.7 Å². The van der Waals surface area contributed by atoms with E-state index in [1.54, 1.807) is 19.2 Å². The van der Waals surface area contributed by atoms with Gasteiger partial charge in [0.25, 0.3) is 5.69 Å². The summed E-state index contributed by atoms with van der Waals surface area (Å²) < 4.78 is 5.35. The second-order valence-corrected chi connectivity index (χ2v) is 5.06. The van der Waals surface area contributed by atoms with Crippen LogP contribution in [-0.4, -0.2) is 12.0 Å². The Labute approximate surface area is 134 Å². The molecule has 0 N–H and O–H groups in total. The van der Waals surface area contributed by atoms with E-state index in [1.165, 1.54) is 0 Å². The topological polar surface area (TPSA) is 52.4 Å². The minimum atomic E-state index is -0.329. The molecule has 0 amide bonds. The highest BCUT2D eigenvalue weighted by Gasteiger charge is 2.23. The smallest absolute Gasteiger partial charge is 0.285 e. The van der Waals surface area contributed by atoms with Crippen molar-refractivity contribution in [3.05, 3.63) is 82.9 Å². The van der Waals surface area contributed by atoms with Crippen LogP contribution in [0.2, 0.25) is 0 Å². The van der Waals surface area contributed by atoms with Crippen molar-refractivity contribution in [2.24, 2.45) is 0 Å². The number of nitrogens with zero attached hydrogens (tertiary/aromatic N) is 1. The fourth-order valence-corrected chi connectivity index (χ4v) is 2.60. The van der Waals surface area contributed by atoms with Gasteiger partial charge in [-0.25, -0.2) is 0 Å². The third kappa shape index (κ3) is 2.92. The van der Waals surface area contributed by atoms with Crippen molar-refractivity contribution in [1.82, 2.24) is 0 Å². The molecule has 23 heavy (non-hydrogen) atoms. The summed E-state index contributed by atoms with van der Waals surface area (Å²) in [7, 11) is 1.56. The molecular weight excluding hydrogens is 290 g/mol. The highest BCUT2D eigenvalue weighted by Crippen LogP contribution is 2.41. The Bertz CT molecular complexity index is 769. The van der Waals surface area contributed by atoms with Gasteiger partial charge in [0, 0.05) is 0 Å². The lowest BCUT2D eigenvalue weighted by Gasteiger charge is -2.11. The van der Waals surface area contributed by atoms with Crippen LogP contribution in [0, 0.1) is 10.1 Å². The van der Waals surface area contributed by atoms with Gasteiger partial charge < -0.3 is 4.74 Å². The Morgan fingerprint density at radius 3 is 1.61 bits per heavy atom. The largest absolute Gasteiger partial charge is 0.497 e.